The molecule has 154 valence electrons. The lowest BCUT2D eigenvalue weighted by Gasteiger charge is -2.13. The summed E-state index contributed by atoms with van der Waals surface area (Å²) in [6.45, 7) is 3.14. The summed E-state index contributed by atoms with van der Waals surface area (Å²) >= 11 is 0. The number of carbonyl (C=O) groups excluding carboxylic acids is 3. The normalized spacial score (nSPS) is 11.1. The first-order valence-corrected chi connectivity index (χ1v) is 9.98. The molecule has 2 aromatic carbocycles. The number of aryl methyl sites for hydroxylation is 1. The van der Waals surface area contributed by atoms with Gasteiger partial charge in [-0.05, 0) is 42.8 Å². The number of anilines is 1. The predicted octanol–water partition coefficient (Wildman–Crippen LogP) is 1.28. The fourth-order valence-corrected chi connectivity index (χ4v) is 3.30. The summed E-state index contributed by atoms with van der Waals surface area (Å²) in [6, 6.07) is 10.2. The van der Waals surface area contributed by atoms with Crippen molar-refractivity contribution in [2.75, 3.05) is 19.4 Å². The highest BCUT2D eigenvalue weighted by Gasteiger charge is 2.19. The molecule has 0 radical (unpaired) electrons. The zero-order chi connectivity index (χ0) is 21.8. The molecule has 0 aliphatic carbocycles. The highest BCUT2D eigenvalue weighted by atomic mass is 32.2. The first-order valence-electron chi connectivity index (χ1n) is 8.54. The highest BCUT2D eigenvalue weighted by molar-refractivity contribution is 7.89. The lowest BCUT2D eigenvalue weighted by atomic mass is 10.1. The molecule has 2 aromatic rings. The summed E-state index contributed by atoms with van der Waals surface area (Å²) in [5.41, 5.74) is 6.07. The van der Waals surface area contributed by atoms with Crippen molar-refractivity contribution in [2.45, 2.75) is 18.7 Å². The highest BCUT2D eigenvalue weighted by Crippen LogP contribution is 2.17. The second-order valence-corrected chi connectivity index (χ2v) is 8.59. The maximum Gasteiger partial charge on any atom is 0.269 e. The lowest BCUT2D eigenvalue weighted by molar-refractivity contribution is -0.114. The van der Waals surface area contributed by atoms with E-state index < -0.39 is 21.8 Å². The minimum Gasteiger partial charge on any atom is -0.326 e. The molecule has 29 heavy (non-hydrogen) atoms. The molecule has 0 spiro atoms. The molecule has 0 bridgehead atoms. The number of hydrogen-bond acceptors (Lipinski definition) is 5. The van der Waals surface area contributed by atoms with Crippen LogP contribution in [0.25, 0.3) is 0 Å². The zero-order valence-corrected chi connectivity index (χ0v) is 17.3. The monoisotopic (exact) mass is 418 g/mol. The van der Waals surface area contributed by atoms with Crippen LogP contribution in [0.4, 0.5) is 5.69 Å². The topological polar surface area (TPSA) is 125 Å². The molecule has 10 heteroatoms. The Labute approximate surface area is 169 Å². The van der Waals surface area contributed by atoms with Crippen molar-refractivity contribution >= 4 is 33.4 Å². The Kier molecular flexibility index (Phi) is 6.72. The van der Waals surface area contributed by atoms with Crippen molar-refractivity contribution in [1.82, 2.24) is 15.2 Å². The van der Waals surface area contributed by atoms with Gasteiger partial charge in [0.2, 0.25) is 15.9 Å². The molecule has 0 unspecified atom stereocenters. The largest absolute Gasteiger partial charge is 0.326 e. The minimum absolute atomic E-state index is 0.0417. The number of benzene rings is 2. The molecular formula is C19H22N4O5S. The SMILES string of the molecule is CC(=O)Nc1cc(C(=O)NNC(=O)c2cccc(S(=O)(=O)N(C)C)c2)ccc1C. The third-order valence-corrected chi connectivity index (χ3v) is 5.79. The maximum atomic E-state index is 12.3. The predicted molar refractivity (Wildman–Crippen MR) is 108 cm³/mol. The molecule has 0 fully saturated rings. The number of hydrazine groups is 1. The summed E-state index contributed by atoms with van der Waals surface area (Å²) in [5.74, 6) is -1.54. The van der Waals surface area contributed by atoms with Gasteiger partial charge in [0.15, 0.2) is 0 Å². The van der Waals surface area contributed by atoms with Crippen LogP contribution in [0.3, 0.4) is 0 Å². The van der Waals surface area contributed by atoms with Crippen molar-refractivity contribution in [3.05, 3.63) is 59.2 Å². The number of sulfonamides is 1. The summed E-state index contributed by atoms with van der Waals surface area (Å²) in [6.07, 6.45) is 0. The smallest absolute Gasteiger partial charge is 0.269 e. The van der Waals surface area contributed by atoms with Gasteiger partial charge in [-0.15, -0.1) is 0 Å². The van der Waals surface area contributed by atoms with E-state index in [0.717, 1.165) is 9.87 Å². The van der Waals surface area contributed by atoms with E-state index in [4.69, 9.17) is 0 Å². The third kappa shape index (κ3) is 5.39. The fourth-order valence-electron chi connectivity index (χ4n) is 2.35. The summed E-state index contributed by atoms with van der Waals surface area (Å²) < 4.78 is 25.4. The van der Waals surface area contributed by atoms with Crippen molar-refractivity contribution < 1.29 is 22.8 Å². The Morgan fingerprint density at radius 1 is 0.897 bits per heavy atom. The molecular weight excluding hydrogens is 396 g/mol. The molecule has 0 aliphatic rings. The van der Waals surface area contributed by atoms with E-state index in [2.05, 4.69) is 16.2 Å². The molecule has 3 amide bonds. The van der Waals surface area contributed by atoms with Crippen LogP contribution >= 0.6 is 0 Å². The van der Waals surface area contributed by atoms with Crippen LogP contribution in [-0.4, -0.2) is 44.5 Å². The van der Waals surface area contributed by atoms with Gasteiger partial charge in [-0.3, -0.25) is 25.2 Å². The van der Waals surface area contributed by atoms with Gasteiger partial charge in [-0.2, -0.15) is 0 Å². The Balaban J connectivity index is 2.12. The van der Waals surface area contributed by atoms with E-state index in [9.17, 15) is 22.8 Å². The number of carbonyl (C=O) groups is 3. The quantitative estimate of drug-likeness (QED) is 0.631. The molecule has 9 nitrogen and oxygen atoms in total. The number of nitrogens with zero attached hydrogens (tertiary/aromatic N) is 1. The Morgan fingerprint density at radius 3 is 2.03 bits per heavy atom. The second-order valence-electron chi connectivity index (χ2n) is 6.43. The van der Waals surface area contributed by atoms with Crippen molar-refractivity contribution in [3.63, 3.8) is 0 Å². The van der Waals surface area contributed by atoms with Crippen LogP contribution in [0.2, 0.25) is 0 Å². The second kappa shape index (κ2) is 8.84. The molecule has 2 rings (SSSR count). The molecule has 0 atom stereocenters. The van der Waals surface area contributed by atoms with Gasteiger partial charge >= 0.3 is 0 Å². The van der Waals surface area contributed by atoms with Gasteiger partial charge in [0.25, 0.3) is 11.8 Å². The zero-order valence-electron chi connectivity index (χ0n) is 16.4. The van der Waals surface area contributed by atoms with Gasteiger partial charge < -0.3 is 5.32 Å². The summed E-state index contributed by atoms with van der Waals surface area (Å²) in [4.78, 5) is 35.8. The first kappa shape index (κ1) is 22.1. The van der Waals surface area contributed by atoms with Gasteiger partial charge in [-0.1, -0.05) is 12.1 Å². The molecule has 0 aliphatic heterocycles. The third-order valence-electron chi connectivity index (χ3n) is 3.97. The molecule has 3 N–H and O–H groups in total. The van der Waals surface area contributed by atoms with Gasteiger partial charge in [0, 0.05) is 37.8 Å². The average molecular weight is 418 g/mol. The molecule has 0 aromatic heterocycles. The van der Waals surface area contributed by atoms with E-state index in [1.807, 2.05) is 0 Å². The Bertz CT molecular complexity index is 1060. The van der Waals surface area contributed by atoms with Crippen LogP contribution in [0.1, 0.15) is 33.2 Å². The van der Waals surface area contributed by atoms with E-state index in [1.54, 1.807) is 19.1 Å². The standard InChI is InChI=1S/C19H22N4O5S/c1-12-8-9-15(11-17(12)20-13(2)24)19(26)22-21-18(25)14-6-5-7-16(10-14)29(27,28)23(3)4/h5-11H,1-4H3,(H,20,24)(H,21,25)(H,22,26). The van der Waals surface area contributed by atoms with Crippen LogP contribution in [0.5, 0.6) is 0 Å². The fraction of sp³-hybridized carbons (Fsp3) is 0.211. The first-order chi connectivity index (χ1) is 13.5. The van der Waals surface area contributed by atoms with E-state index in [-0.39, 0.29) is 21.9 Å². The number of rotatable bonds is 5. The van der Waals surface area contributed by atoms with Crippen LogP contribution in [-0.2, 0) is 14.8 Å². The molecule has 0 saturated heterocycles. The number of hydrogen-bond donors (Lipinski definition) is 3. The molecule has 0 heterocycles. The number of amides is 3. The van der Waals surface area contributed by atoms with Crippen LogP contribution in [0.15, 0.2) is 47.4 Å². The van der Waals surface area contributed by atoms with Gasteiger partial charge in [-0.25, -0.2) is 12.7 Å². The Hall–Kier alpha value is -3.24. The van der Waals surface area contributed by atoms with Gasteiger partial charge in [0.1, 0.15) is 0 Å². The van der Waals surface area contributed by atoms with Crippen LogP contribution < -0.4 is 16.2 Å². The van der Waals surface area contributed by atoms with Crippen molar-refractivity contribution in [3.8, 4) is 0 Å². The Morgan fingerprint density at radius 2 is 1.48 bits per heavy atom. The maximum absolute atomic E-state index is 12.3. The van der Waals surface area contributed by atoms with Crippen molar-refractivity contribution in [1.29, 1.82) is 0 Å². The summed E-state index contributed by atoms with van der Waals surface area (Å²) in [5, 5.41) is 2.62. The van der Waals surface area contributed by atoms with Gasteiger partial charge in [0.05, 0.1) is 4.90 Å². The minimum atomic E-state index is -3.69. The molecule has 0 saturated carbocycles. The lowest BCUT2D eigenvalue weighted by Crippen LogP contribution is -2.41. The van der Waals surface area contributed by atoms with E-state index in [0.29, 0.717) is 5.69 Å². The van der Waals surface area contributed by atoms with Crippen LogP contribution in [0, 0.1) is 6.92 Å². The van der Waals surface area contributed by atoms with E-state index in [1.165, 1.54) is 51.4 Å². The van der Waals surface area contributed by atoms with E-state index >= 15 is 0 Å². The summed E-state index contributed by atoms with van der Waals surface area (Å²) in [7, 11) is -0.919. The van der Waals surface area contributed by atoms with Crippen molar-refractivity contribution in [2.24, 2.45) is 0 Å². The number of nitrogens with one attached hydrogen (secondary N) is 3. The average Bonchev–Trinajstić information content (AvgIpc) is 2.67.